The number of anilines is 1. The second-order valence-corrected chi connectivity index (χ2v) is 7.93. The van der Waals surface area contributed by atoms with Crippen molar-refractivity contribution in [3.05, 3.63) is 40.3 Å². The van der Waals surface area contributed by atoms with Crippen molar-refractivity contribution < 1.29 is 4.79 Å². The fraction of sp³-hybridized carbons (Fsp3) is 0.571. The fourth-order valence-electron chi connectivity index (χ4n) is 4.28. The SMILES string of the molecule is CC(=O)Nc1n[nH]c([C@H](C)N2CCCC(Cc3cc(C)nc(C)c3)C2)c1C. The first kappa shape index (κ1) is 19.5. The molecule has 0 radical (unpaired) electrons. The van der Waals surface area contributed by atoms with E-state index in [-0.39, 0.29) is 11.9 Å². The number of hydrogen-bond acceptors (Lipinski definition) is 4. The average Bonchev–Trinajstić information content (AvgIpc) is 2.93. The molecule has 6 heteroatoms. The molecule has 146 valence electrons. The summed E-state index contributed by atoms with van der Waals surface area (Å²) >= 11 is 0. The predicted octanol–water partition coefficient (Wildman–Crippen LogP) is 3.70. The van der Waals surface area contributed by atoms with Gasteiger partial charge in [-0.2, -0.15) is 5.10 Å². The molecule has 1 aliphatic rings. The van der Waals surface area contributed by atoms with Gasteiger partial charge in [-0.15, -0.1) is 0 Å². The summed E-state index contributed by atoms with van der Waals surface area (Å²) in [6.07, 6.45) is 3.58. The molecular formula is C21H31N5O. The van der Waals surface area contributed by atoms with E-state index in [1.54, 1.807) is 0 Å². The van der Waals surface area contributed by atoms with Gasteiger partial charge in [0.15, 0.2) is 5.82 Å². The van der Waals surface area contributed by atoms with Crippen molar-refractivity contribution in [2.45, 2.75) is 59.9 Å². The van der Waals surface area contributed by atoms with Gasteiger partial charge in [-0.1, -0.05) is 0 Å². The second-order valence-electron chi connectivity index (χ2n) is 7.93. The molecular weight excluding hydrogens is 338 g/mol. The zero-order valence-electron chi connectivity index (χ0n) is 17.1. The Labute approximate surface area is 161 Å². The largest absolute Gasteiger partial charge is 0.309 e. The van der Waals surface area contributed by atoms with Crippen molar-refractivity contribution in [2.24, 2.45) is 5.92 Å². The van der Waals surface area contributed by atoms with Crippen LogP contribution in [0.3, 0.4) is 0 Å². The van der Waals surface area contributed by atoms with E-state index in [0.29, 0.717) is 11.7 Å². The van der Waals surface area contributed by atoms with Gasteiger partial charge in [-0.3, -0.25) is 19.8 Å². The third-order valence-electron chi connectivity index (χ3n) is 5.52. The quantitative estimate of drug-likeness (QED) is 0.843. The van der Waals surface area contributed by atoms with Crippen molar-refractivity contribution in [3.8, 4) is 0 Å². The Morgan fingerprint density at radius 1 is 1.33 bits per heavy atom. The molecule has 27 heavy (non-hydrogen) atoms. The zero-order chi connectivity index (χ0) is 19.6. The highest BCUT2D eigenvalue weighted by molar-refractivity contribution is 5.88. The molecule has 1 saturated heterocycles. The number of aromatic amines is 1. The summed E-state index contributed by atoms with van der Waals surface area (Å²) in [6.45, 7) is 12.1. The Hall–Kier alpha value is -2.21. The third kappa shape index (κ3) is 4.75. The first-order valence-corrected chi connectivity index (χ1v) is 9.84. The molecule has 1 amide bonds. The van der Waals surface area contributed by atoms with Gasteiger partial charge in [0.1, 0.15) is 0 Å². The zero-order valence-corrected chi connectivity index (χ0v) is 17.1. The topological polar surface area (TPSA) is 73.9 Å². The minimum absolute atomic E-state index is 0.0928. The Morgan fingerprint density at radius 3 is 2.70 bits per heavy atom. The van der Waals surface area contributed by atoms with Crippen LogP contribution in [0.15, 0.2) is 12.1 Å². The highest BCUT2D eigenvalue weighted by atomic mass is 16.1. The van der Waals surface area contributed by atoms with E-state index in [2.05, 4.69) is 58.3 Å². The number of carbonyl (C=O) groups is 1. The van der Waals surface area contributed by atoms with Crippen molar-refractivity contribution in [1.29, 1.82) is 0 Å². The molecule has 1 aliphatic heterocycles. The highest BCUT2D eigenvalue weighted by Gasteiger charge is 2.27. The number of H-pyrrole nitrogens is 1. The maximum absolute atomic E-state index is 11.3. The standard InChI is InChI=1S/C21H31N5O/c1-13-9-19(10-14(2)22-13)11-18-7-6-8-26(12-18)16(4)20-15(3)21(25-24-20)23-17(5)27/h9-10,16,18H,6-8,11-12H2,1-5H3,(H2,23,24,25,27)/t16-,18?/m0/s1. The fourth-order valence-corrected chi connectivity index (χ4v) is 4.28. The molecule has 0 aliphatic carbocycles. The number of rotatable bonds is 5. The number of amides is 1. The lowest BCUT2D eigenvalue weighted by Crippen LogP contribution is -2.38. The lowest BCUT2D eigenvalue weighted by atomic mass is 9.90. The summed E-state index contributed by atoms with van der Waals surface area (Å²) in [5.41, 5.74) is 5.72. The number of pyridine rings is 1. The van der Waals surface area contributed by atoms with Crippen LogP contribution in [0.2, 0.25) is 0 Å². The van der Waals surface area contributed by atoms with E-state index in [1.165, 1.54) is 25.3 Å². The van der Waals surface area contributed by atoms with Crippen LogP contribution < -0.4 is 5.32 Å². The number of aromatic nitrogens is 3. The van der Waals surface area contributed by atoms with Crippen molar-refractivity contribution in [3.63, 3.8) is 0 Å². The van der Waals surface area contributed by atoms with Gasteiger partial charge in [0.25, 0.3) is 0 Å². The number of piperidine rings is 1. The summed E-state index contributed by atoms with van der Waals surface area (Å²) in [5, 5.41) is 10.2. The van der Waals surface area contributed by atoms with E-state index in [0.717, 1.165) is 42.2 Å². The van der Waals surface area contributed by atoms with E-state index < -0.39 is 0 Å². The van der Waals surface area contributed by atoms with Crippen molar-refractivity contribution >= 4 is 11.7 Å². The van der Waals surface area contributed by atoms with Crippen molar-refractivity contribution in [1.82, 2.24) is 20.1 Å². The minimum atomic E-state index is -0.0928. The number of hydrogen-bond donors (Lipinski definition) is 2. The summed E-state index contributed by atoms with van der Waals surface area (Å²) in [7, 11) is 0. The normalized spacial score (nSPS) is 19.1. The molecule has 3 rings (SSSR count). The molecule has 2 aromatic rings. The Balaban J connectivity index is 1.68. The summed E-state index contributed by atoms with van der Waals surface area (Å²) < 4.78 is 0. The van der Waals surface area contributed by atoms with Crippen LogP contribution in [0.4, 0.5) is 5.82 Å². The molecule has 2 N–H and O–H groups in total. The molecule has 0 spiro atoms. The number of carbonyl (C=O) groups excluding carboxylic acids is 1. The number of likely N-dealkylation sites (tertiary alicyclic amines) is 1. The van der Waals surface area contributed by atoms with Gasteiger partial charge in [-0.05, 0) is 77.1 Å². The van der Waals surface area contributed by atoms with Gasteiger partial charge in [0.05, 0.1) is 5.69 Å². The maximum Gasteiger partial charge on any atom is 0.222 e. The van der Waals surface area contributed by atoms with Crippen LogP contribution in [0.25, 0.3) is 0 Å². The molecule has 1 fully saturated rings. The van der Waals surface area contributed by atoms with Gasteiger partial charge in [0.2, 0.25) is 5.91 Å². The first-order valence-electron chi connectivity index (χ1n) is 9.84. The number of nitrogens with one attached hydrogen (secondary N) is 2. The van der Waals surface area contributed by atoms with Gasteiger partial charge in [-0.25, -0.2) is 0 Å². The van der Waals surface area contributed by atoms with Gasteiger partial charge < -0.3 is 5.32 Å². The van der Waals surface area contributed by atoms with Gasteiger partial charge in [0, 0.05) is 36.5 Å². The minimum Gasteiger partial charge on any atom is -0.309 e. The predicted molar refractivity (Wildman–Crippen MR) is 108 cm³/mol. The van der Waals surface area contributed by atoms with Crippen molar-refractivity contribution in [2.75, 3.05) is 18.4 Å². The summed E-state index contributed by atoms with van der Waals surface area (Å²) in [5.74, 6) is 1.20. The van der Waals surface area contributed by atoms with E-state index >= 15 is 0 Å². The molecule has 0 bridgehead atoms. The summed E-state index contributed by atoms with van der Waals surface area (Å²) in [4.78, 5) is 18.4. The molecule has 0 aromatic carbocycles. The molecule has 3 heterocycles. The average molecular weight is 370 g/mol. The Kier molecular flexibility index (Phi) is 5.95. The van der Waals surface area contributed by atoms with Crippen LogP contribution in [0, 0.1) is 26.7 Å². The molecule has 6 nitrogen and oxygen atoms in total. The van der Waals surface area contributed by atoms with E-state index in [9.17, 15) is 4.79 Å². The van der Waals surface area contributed by atoms with Gasteiger partial charge >= 0.3 is 0 Å². The van der Waals surface area contributed by atoms with E-state index in [1.807, 2.05) is 6.92 Å². The molecule has 2 atom stereocenters. The monoisotopic (exact) mass is 369 g/mol. The van der Waals surface area contributed by atoms with Crippen LogP contribution >= 0.6 is 0 Å². The number of aryl methyl sites for hydroxylation is 2. The lowest BCUT2D eigenvalue weighted by molar-refractivity contribution is -0.114. The molecule has 2 aromatic heterocycles. The maximum atomic E-state index is 11.3. The van der Waals surface area contributed by atoms with Crippen LogP contribution in [-0.4, -0.2) is 39.1 Å². The smallest absolute Gasteiger partial charge is 0.222 e. The third-order valence-corrected chi connectivity index (χ3v) is 5.52. The van der Waals surface area contributed by atoms with Crippen LogP contribution in [0.5, 0.6) is 0 Å². The lowest BCUT2D eigenvalue weighted by Gasteiger charge is -2.36. The first-order chi connectivity index (χ1) is 12.8. The Morgan fingerprint density at radius 2 is 2.04 bits per heavy atom. The Bertz CT molecular complexity index is 793. The van der Waals surface area contributed by atoms with E-state index in [4.69, 9.17) is 0 Å². The highest BCUT2D eigenvalue weighted by Crippen LogP contribution is 2.30. The molecule has 1 unspecified atom stereocenters. The molecule has 0 saturated carbocycles. The summed E-state index contributed by atoms with van der Waals surface area (Å²) in [6, 6.07) is 4.69. The number of nitrogens with zero attached hydrogens (tertiary/aromatic N) is 3. The second kappa shape index (κ2) is 8.21. The van der Waals surface area contributed by atoms with Crippen LogP contribution in [0.1, 0.15) is 60.9 Å². The van der Waals surface area contributed by atoms with Crippen LogP contribution in [-0.2, 0) is 11.2 Å².